The van der Waals surface area contributed by atoms with E-state index in [1.807, 2.05) is 0 Å². The third kappa shape index (κ3) is 5.87. The zero-order chi connectivity index (χ0) is 41.7. The molecule has 0 unspecified atom stereocenters. The van der Waals surface area contributed by atoms with Gasteiger partial charge >= 0.3 is 0 Å². The number of hydrogen-bond donors (Lipinski definition) is 0. The first-order chi connectivity index (χ1) is 31.3. The SMILES string of the molecule is c1ccc(-c2ccc(N(c3ccccc3)c3cc(N(c4ccccc4)c4ccc(-c5ccccc5)cc4)c4c(c3)C3(c5ccccc5-c5ccccc53)c3ccccc3-4)cc2)cc1. The minimum absolute atomic E-state index is 0.553. The second-order valence-corrected chi connectivity index (χ2v) is 16.4. The van der Waals surface area contributed by atoms with E-state index in [2.05, 4.69) is 265 Å². The van der Waals surface area contributed by atoms with E-state index in [1.165, 1.54) is 66.8 Å². The smallest absolute Gasteiger partial charge is 0.0727 e. The number of anilines is 6. The summed E-state index contributed by atoms with van der Waals surface area (Å²) in [7, 11) is 0. The molecule has 10 aromatic rings. The van der Waals surface area contributed by atoms with Crippen LogP contribution in [0.1, 0.15) is 22.3 Å². The van der Waals surface area contributed by atoms with Crippen molar-refractivity contribution in [2.45, 2.75) is 5.41 Å². The Morgan fingerprint density at radius 3 is 1.08 bits per heavy atom. The fourth-order valence-electron chi connectivity index (χ4n) is 10.4. The molecular weight excluding hydrogens is 761 g/mol. The van der Waals surface area contributed by atoms with Gasteiger partial charge in [0.1, 0.15) is 0 Å². The Balaban J connectivity index is 1.18. The van der Waals surface area contributed by atoms with Crippen molar-refractivity contribution in [3.8, 4) is 44.5 Å². The molecule has 0 atom stereocenters. The third-order valence-electron chi connectivity index (χ3n) is 13.1. The lowest BCUT2D eigenvalue weighted by atomic mass is 9.70. The summed E-state index contributed by atoms with van der Waals surface area (Å²) >= 11 is 0. The van der Waals surface area contributed by atoms with Crippen molar-refractivity contribution < 1.29 is 0 Å². The highest BCUT2D eigenvalue weighted by atomic mass is 15.2. The van der Waals surface area contributed by atoms with Gasteiger partial charge < -0.3 is 9.80 Å². The number of para-hydroxylation sites is 2. The number of nitrogens with zero attached hydrogens (tertiary/aromatic N) is 2. The van der Waals surface area contributed by atoms with E-state index in [0.29, 0.717) is 0 Å². The van der Waals surface area contributed by atoms with Crippen LogP contribution in [0.25, 0.3) is 44.5 Å². The molecule has 0 N–H and O–H groups in total. The van der Waals surface area contributed by atoms with Crippen LogP contribution in [0.4, 0.5) is 34.1 Å². The van der Waals surface area contributed by atoms with Gasteiger partial charge in [-0.3, -0.25) is 0 Å². The van der Waals surface area contributed by atoms with Gasteiger partial charge in [0.15, 0.2) is 0 Å². The summed E-state index contributed by atoms with van der Waals surface area (Å²) in [6.07, 6.45) is 0. The Labute approximate surface area is 369 Å². The molecule has 0 radical (unpaired) electrons. The van der Waals surface area contributed by atoms with Crippen LogP contribution in [0, 0.1) is 0 Å². The summed E-state index contributed by atoms with van der Waals surface area (Å²) in [5.74, 6) is 0. The minimum atomic E-state index is -0.553. The van der Waals surface area contributed by atoms with E-state index in [4.69, 9.17) is 0 Å². The second-order valence-electron chi connectivity index (χ2n) is 16.4. The van der Waals surface area contributed by atoms with E-state index in [1.54, 1.807) is 0 Å². The van der Waals surface area contributed by atoms with Crippen LogP contribution in [-0.4, -0.2) is 0 Å². The molecule has 0 saturated heterocycles. The lowest BCUT2D eigenvalue weighted by molar-refractivity contribution is 0.793. The van der Waals surface area contributed by atoms with Gasteiger partial charge in [-0.1, -0.05) is 194 Å². The van der Waals surface area contributed by atoms with Crippen LogP contribution in [0.5, 0.6) is 0 Å². The molecule has 0 saturated carbocycles. The maximum Gasteiger partial charge on any atom is 0.0727 e. The summed E-state index contributed by atoms with van der Waals surface area (Å²) in [5, 5.41) is 0. The highest BCUT2D eigenvalue weighted by molar-refractivity contribution is 6.03. The van der Waals surface area contributed by atoms with Crippen molar-refractivity contribution in [3.63, 3.8) is 0 Å². The van der Waals surface area contributed by atoms with Gasteiger partial charge in [-0.15, -0.1) is 0 Å². The quantitative estimate of drug-likeness (QED) is 0.151. The fraction of sp³-hybridized carbons (Fsp3) is 0.0164. The van der Waals surface area contributed by atoms with Crippen LogP contribution >= 0.6 is 0 Å². The molecular formula is C61H42N2. The van der Waals surface area contributed by atoms with Crippen molar-refractivity contribution in [3.05, 3.63) is 277 Å². The Morgan fingerprint density at radius 2 is 0.587 bits per heavy atom. The number of rotatable bonds is 8. The third-order valence-corrected chi connectivity index (χ3v) is 13.1. The van der Waals surface area contributed by atoms with Crippen LogP contribution < -0.4 is 9.80 Å². The topological polar surface area (TPSA) is 6.48 Å². The van der Waals surface area contributed by atoms with Gasteiger partial charge in [0.2, 0.25) is 0 Å². The number of fused-ring (bicyclic) bond motifs is 10. The Bertz CT molecular complexity index is 3200. The second kappa shape index (κ2) is 15.1. The maximum atomic E-state index is 2.50. The molecule has 2 aliphatic carbocycles. The van der Waals surface area contributed by atoms with E-state index >= 15 is 0 Å². The normalized spacial score (nSPS) is 12.6. The Kier molecular flexibility index (Phi) is 8.76. The molecule has 2 aliphatic rings. The van der Waals surface area contributed by atoms with E-state index < -0.39 is 5.41 Å². The molecule has 10 aromatic carbocycles. The first-order valence-electron chi connectivity index (χ1n) is 21.8. The van der Waals surface area contributed by atoms with Crippen molar-refractivity contribution in [2.24, 2.45) is 0 Å². The van der Waals surface area contributed by atoms with E-state index in [0.717, 1.165) is 34.1 Å². The zero-order valence-electron chi connectivity index (χ0n) is 34.6. The lowest BCUT2D eigenvalue weighted by Gasteiger charge is -2.34. The van der Waals surface area contributed by atoms with Crippen molar-refractivity contribution in [2.75, 3.05) is 9.80 Å². The Morgan fingerprint density at radius 1 is 0.238 bits per heavy atom. The molecule has 63 heavy (non-hydrogen) atoms. The molecule has 12 rings (SSSR count). The van der Waals surface area contributed by atoms with Gasteiger partial charge in [-0.05, 0) is 122 Å². The van der Waals surface area contributed by atoms with Gasteiger partial charge in [-0.2, -0.15) is 0 Å². The highest BCUT2D eigenvalue weighted by Gasteiger charge is 2.52. The van der Waals surface area contributed by atoms with Crippen molar-refractivity contribution in [1.82, 2.24) is 0 Å². The van der Waals surface area contributed by atoms with Gasteiger partial charge in [0.05, 0.1) is 11.1 Å². The van der Waals surface area contributed by atoms with Gasteiger partial charge in [0.25, 0.3) is 0 Å². The van der Waals surface area contributed by atoms with E-state index in [-0.39, 0.29) is 0 Å². The average Bonchev–Trinajstić information content (AvgIpc) is 3.83. The summed E-state index contributed by atoms with van der Waals surface area (Å²) < 4.78 is 0. The zero-order valence-corrected chi connectivity index (χ0v) is 34.6. The number of benzene rings is 10. The van der Waals surface area contributed by atoms with Gasteiger partial charge in [0, 0.05) is 34.0 Å². The average molecular weight is 803 g/mol. The molecule has 0 heterocycles. The first-order valence-corrected chi connectivity index (χ1v) is 21.8. The van der Waals surface area contributed by atoms with Crippen LogP contribution in [-0.2, 0) is 5.41 Å². The minimum Gasteiger partial charge on any atom is -0.310 e. The predicted octanol–water partition coefficient (Wildman–Crippen LogP) is 16.3. The molecule has 2 heteroatoms. The highest BCUT2D eigenvalue weighted by Crippen LogP contribution is 2.65. The summed E-state index contributed by atoms with van der Waals surface area (Å²) in [6.45, 7) is 0. The fourth-order valence-corrected chi connectivity index (χ4v) is 10.4. The molecule has 0 fully saturated rings. The monoisotopic (exact) mass is 802 g/mol. The maximum absolute atomic E-state index is 2.50. The lowest BCUT2D eigenvalue weighted by Crippen LogP contribution is -2.26. The summed E-state index contributed by atoms with van der Waals surface area (Å²) in [5.41, 5.74) is 21.1. The molecule has 296 valence electrons. The first kappa shape index (κ1) is 36.6. The summed E-state index contributed by atoms with van der Waals surface area (Å²) in [4.78, 5) is 4.91. The Hall–Kier alpha value is -8.20. The van der Waals surface area contributed by atoms with Crippen molar-refractivity contribution >= 4 is 34.1 Å². The number of hydrogen-bond acceptors (Lipinski definition) is 2. The predicted molar refractivity (Wildman–Crippen MR) is 263 cm³/mol. The van der Waals surface area contributed by atoms with Crippen LogP contribution in [0.15, 0.2) is 255 Å². The largest absolute Gasteiger partial charge is 0.310 e. The van der Waals surface area contributed by atoms with Crippen molar-refractivity contribution in [1.29, 1.82) is 0 Å². The summed E-state index contributed by atoms with van der Waals surface area (Å²) in [6, 6.07) is 93.3. The molecule has 0 amide bonds. The molecule has 1 spiro atoms. The molecule has 0 aromatic heterocycles. The molecule has 2 nitrogen and oxygen atoms in total. The van der Waals surface area contributed by atoms with E-state index in [9.17, 15) is 0 Å². The molecule has 0 aliphatic heterocycles. The molecule has 0 bridgehead atoms. The van der Waals surface area contributed by atoms with Crippen LogP contribution in [0.2, 0.25) is 0 Å². The van der Waals surface area contributed by atoms with Crippen LogP contribution in [0.3, 0.4) is 0 Å². The standard InChI is InChI=1S/C61H42N2/c1-5-19-43(20-6-1)45-33-37-49(38-34-45)62(47-23-9-3-10-24-47)51-41-58-60(54-29-15-18-32-57(54)61(58)55-30-16-13-27-52(55)53-28-14-17-31-56(53)61)59(42-51)63(48-25-11-4-12-26-48)50-39-35-46(36-40-50)44-21-7-2-8-22-44/h1-42H. The van der Waals surface area contributed by atoms with Gasteiger partial charge in [-0.25, -0.2) is 0 Å².